The van der Waals surface area contributed by atoms with E-state index in [0.29, 0.717) is 28.6 Å². The van der Waals surface area contributed by atoms with Gasteiger partial charge in [0, 0.05) is 30.7 Å². The number of alkyl halides is 3. The third-order valence-corrected chi connectivity index (χ3v) is 3.85. The van der Waals surface area contributed by atoms with Crippen LogP contribution in [0.25, 0.3) is 10.9 Å². The SMILES string of the molecule is CC(=O)N1CCCc2cc3c(ccn3C(=O)C(F)(F)F)cc21. The number of aryl methyl sites for hydroxylation is 1. The molecule has 7 heteroatoms. The molecule has 0 saturated heterocycles. The minimum absolute atomic E-state index is 0.105. The van der Waals surface area contributed by atoms with Gasteiger partial charge < -0.3 is 4.90 Å². The maximum absolute atomic E-state index is 12.6. The predicted molar refractivity (Wildman–Crippen MR) is 75.0 cm³/mol. The highest BCUT2D eigenvalue weighted by molar-refractivity contribution is 6.00. The first-order valence-electron chi connectivity index (χ1n) is 6.82. The predicted octanol–water partition coefficient (Wildman–Crippen LogP) is 3.14. The summed E-state index contributed by atoms with van der Waals surface area (Å²) in [5, 5.41) is 0.504. The molecular formula is C15H13F3N2O2. The Kier molecular flexibility index (Phi) is 3.23. The van der Waals surface area contributed by atoms with Gasteiger partial charge in [0.15, 0.2) is 0 Å². The smallest absolute Gasteiger partial charge is 0.312 e. The third kappa shape index (κ3) is 2.26. The molecule has 1 aromatic heterocycles. The van der Waals surface area contributed by atoms with Crippen LogP contribution in [0.2, 0.25) is 0 Å². The van der Waals surface area contributed by atoms with Crippen LogP contribution in [0.1, 0.15) is 23.7 Å². The van der Waals surface area contributed by atoms with E-state index in [1.807, 2.05) is 0 Å². The molecule has 2 aromatic rings. The fourth-order valence-electron chi connectivity index (χ4n) is 2.85. The molecule has 116 valence electrons. The standard InChI is InChI=1S/C15H13F3N2O2/c1-9(21)19-5-2-3-10-7-13-11(8-12(10)19)4-6-20(13)14(22)15(16,17)18/h4,6-8H,2-3,5H2,1H3. The van der Waals surface area contributed by atoms with Crippen LogP contribution < -0.4 is 4.90 Å². The minimum Gasteiger partial charge on any atom is -0.312 e. The van der Waals surface area contributed by atoms with E-state index in [-0.39, 0.29) is 11.4 Å². The van der Waals surface area contributed by atoms with Crippen molar-refractivity contribution in [1.29, 1.82) is 0 Å². The quantitative estimate of drug-likeness (QED) is 0.750. The molecule has 2 heterocycles. The van der Waals surface area contributed by atoms with Gasteiger partial charge in [-0.1, -0.05) is 0 Å². The molecule has 0 spiro atoms. The molecule has 1 aliphatic rings. The lowest BCUT2D eigenvalue weighted by molar-refractivity contribution is -0.116. The fraction of sp³-hybridized carbons (Fsp3) is 0.333. The van der Waals surface area contributed by atoms with Gasteiger partial charge in [-0.05, 0) is 36.6 Å². The zero-order valence-electron chi connectivity index (χ0n) is 11.8. The van der Waals surface area contributed by atoms with Crippen molar-refractivity contribution < 1.29 is 22.8 Å². The highest BCUT2D eigenvalue weighted by atomic mass is 19.4. The van der Waals surface area contributed by atoms with Crippen molar-refractivity contribution in [2.24, 2.45) is 0 Å². The van der Waals surface area contributed by atoms with Crippen molar-refractivity contribution in [2.45, 2.75) is 25.9 Å². The second kappa shape index (κ2) is 4.86. The van der Waals surface area contributed by atoms with Crippen LogP contribution in [0, 0.1) is 0 Å². The number of aromatic nitrogens is 1. The largest absolute Gasteiger partial charge is 0.472 e. The van der Waals surface area contributed by atoms with E-state index in [2.05, 4.69) is 0 Å². The van der Waals surface area contributed by atoms with Gasteiger partial charge in [-0.3, -0.25) is 14.2 Å². The van der Waals surface area contributed by atoms with Crippen molar-refractivity contribution in [3.8, 4) is 0 Å². The lowest BCUT2D eigenvalue weighted by Gasteiger charge is -2.28. The second-order valence-electron chi connectivity index (χ2n) is 5.30. The van der Waals surface area contributed by atoms with Crippen LogP contribution in [0.5, 0.6) is 0 Å². The Labute approximate surface area is 124 Å². The van der Waals surface area contributed by atoms with Crippen LogP contribution in [-0.2, 0) is 11.2 Å². The van der Waals surface area contributed by atoms with Gasteiger partial charge >= 0.3 is 12.1 Å². The number of rotatable bonds is 0. The number of anilines is 1. The van der Waals surface area contributed by atoms with Crippen molar-refractivity contribution in [3.63, 3.8) is 0 Å². The highest BCUT2D eigenvalue weighted by Gasteiger charge is 2.40. The van der Waals surface area contributed by atoms with Crippen LogP contribution in [0.15, 0.2) is 24.4 Å². The molecule has 0 saturated carbocycles. The lowest BCUT2D eigenvalue weighted by Crippen LogP contribution is -2.33. The van der Waals surface area contributed by atoms with Gasteiger partial charge in [-0.25, -0.2) is 0 Å². The highest BCUT2D eigenvalue weighted by Crippen LogP contribution is 2.33. The normalized spacial score (nSPS) is 15.0. The van der Waals surface area contributed by atoms with E-state index in [9.17, 15) is 22.8 Å². The van der Waals surface area contributed by atoms with Gasteiger partial charge in [0.1, 0.15) is 0 Å². The molecule has 22 heavy (non-hydrogen) atoms. The monoisotopic (exact) mass is 310 g/mol. The average Bonchev–Trinajstić information content (AvgIpc) is 2.84. The van der Waals surface area contributed by atoms with Gasteiger partial charge in [0.2, 0.25) is 5.91 Å². The Balaban J connectivity index is 2.15. The fourth-order valence-corrected chi connectivity index (χ4v) is 2.85. The topological polar surface area (TPSA) is 42.3 Å². The van der Waals surface area contributed by atoms with E-state index in [0.717, 1.165) is 18.2 Å². The van der Waals surface area contributed by atoms with E-state index in [1.165, 1.54) is 13.0 Å². The number of amides is 1. The summed E-state index contributed by atoms with van der Waals surface area (Å²) in [7, 11) is 0. The summed E-state index contributed by atoms with van der Waals surface area (Å²) in [6.45, 7) is 2.05. The molecule has 0 fully saturated rings. The molecule has 0 bridgehead atoms. The zero-order chi connectivity index (χ0) is 16.1. The average molecular weight is 310 g/mol. The van der Waals surface area contributed by atoms with Crippen LogP contribution >= 0.6 is 0 Å². The molecule has 0 unspecified atom stereocenters. The Morgan fingerprint density at radius 2 is 1.95 bits per heavy atom. The van der Waals surface area contributed by atoms with E-state index >= 15 is 0 Å². The van der Waals surface area contributed by atoms with E-state index in [1.54, 1.807) is 17.0 Å². The Morgan fingerprint density at radius 1 is 1.23 bits per heavy atom. The summed E-state index contributed by atoms with van der Waals surface area (Å²) in [4.78, 5) is 24.7. The molecule has 0 radical (unpaired) electrons. The Morgan fingerprint density at radius 3 is 2.59 bits per heavy atom. The van der Waals surface area contributed by atoms with Crippen molar-refractivity contribution in [2.75, 3.05) is 11.4 Å². The van der Waals surface area contributed by atoms with Gasteiger partial charge in [-0.2, -0.15) is 13.2 Å². The van der Waals surface area contributed by atoms with Gasteiger partial charge in [-0.15, -0.1) is 0 Å². The molecule has 0 N–H and O–H groups in total. The molecule has 3 rings (SSSR count). The summed E-state index contributed by atoms with van der Waals surface area (Å²) in [6.07, 6.45) is -2.40. The van der Waals surface area contributed by atoms with Crippen LogP contribution in [-0.4, -0.2) is 29.1 Å². The molecule has 0 atom stereocenters. The molecule has 1 aromatic carbocycles. The molecule has 4 nitrogen and oxygen atoms in total. The van der Waals surface area contributed by atoms with Crippen molar-refractivity contribution in [1.82, 2.24) is 4.57 Å². The second-order valence-corrected chi connectivity index (χ2v) is 5.30. The maximum Gasteiger partial charge on any atom is 0.472 e. The third-order valence-electron chi connectivity index (χ3n) is 3.85. The number of benzene rings is 1. The summed E-state index contributed by atoms with van der Waals surface area (Å²) in [5.41, 5.74) is 1.71. The Hall–Kier alpha value is -2.31. The van der Waals surface area contributed by atoms with Crippen molar-refractivity contribution >= 4 is 28.4 Å². The first-order valence-corrected chi connectivity index (χ1v) is 6.82. The van der Waals surface area contributed by atoms with Gasteiger partial charge in [0.25, 0.3) is 0 Å². The van der Waals surface area contributed by atoms with Crippen LogP contribution in [0.3, 0.4) is 0 Å². The first-order chi connectivity index (χ1) is 10.3. The van der Waals surface area contributed by atoms with Crippen molar-refractivity contribution in [3.05, 3.63) is 30.0 Å². The molecular weight excluding hydrogens is 297 g/mol. The first kappa shape index (κ1) is 14.6. The number of halogens is 3. The summed E-state index contributed by atoms with van der Waals surface area (Å²) < 4.78 is 38.5. The lowest BCUT2D eigenvalue weighted by atomic mass is 10.00. The minimum atomic E-state index is -4.92. The molecule has 1 amide bonds. The molecule has 1 aliphatic heterocycles. The number of carbonyl (C=O) groups excluding carboxylic acids is 2. The number of fused-ring (bicyclic) bond motifs is 2. The maximum atomic E-state index is 12.6. The number of hydrogen-bond acceptors (Lipinski definition) is 2. The van der Waals surface area contributed by atoms with Gasteiger partial charge in [0.05, 0.1) is 5.52 Å². The Bertz CT molecular complexity index is 777. The number of hydrogen-bond donors (Lipinski definition) is 0. The van der Waals surface area contributed by atoms with Crippen LogP contribution in [0.4, 0.5) is 18.9 Å². The summed E-state index contributed by atoms with van der Waals surface area (Å²) in [6, 6.07) is 4.70. The summed E-state index contributed by atoms with van der Waals surface area (Å²) >= 11 is 0. The zero-order valence-corrected chi connectivity index (χ0v) is 11.8. The van der Waals surface area contributed by atoms with E-state index < -0.39 is 12.1 Å². The molecule has 0 aliphatic carbocycles. The number of carbonyl (C=O) groups is 2. The number of nitrogens with zero attached hydrogens (tertiary/aromatic N) is 2. The van der Waals surface area contributed by atoms with E-state index in [4.69, 9.17) is 0 Å². The summed E-state index contributed by atoms with van der Waals surface area (Å²) in [5.74, 6) is -2.02.